The zero-order valence-corrected chi connectivity index (χ0v) is 18.6. The summed E-state index contributed by atoms with van der Waals surface area (Å²) in [5.74, 6) is -0.0974. The minimum absolute atomic E-state index is 0.0686. The van der Waals surface area contributed by atoms with Gasteiger partial charge in [-0.3, -0.25) is 18.6 Å². The molecule has 4 aromatic rings. The molecule has 1 atom stereocenters. The quantitative estimate of drug-likeness (QED) is 0.411. The van der Waals surface area contributed by atoms with Crippen LogP contribution < -0.4 is 11.2 Å². The minimum atomic E-state index is -0.662. The Kier molecular flexibility index (Phi) is 5.37. The van der Waals surface area contributed by atoms with Crippen molar-refractivity contribution >= 4 is 22.9 Å². The average molecular weight is 451 g/mol. The number of carbonyl (C=O) groups is 1. The SMILES string of the molecule is Cc1cn2c3c(=O)n(CC(=O)OCc4ccccc4)c(=O)n(C)c3nc2n1CC1CCCO1. The van der Waals surface area contributed by atoms with E-state index in [2.05, 4.69) is 4.98 Å². The monoisotopic (exact) mass is 451 g/mol. The van der Waals surface area contributed by atoms with E-state index in [1.54, 1.807) is 11.4 Å². The molecule has 33 heavy (non-hydrogen) atoms. The number of imidazole rings is 2. The number of aryl methyl sites for hydroxylation is 2. The number of fused-ring (bicyclic) bond motifs is 3. The topological polar surface area (TPSA) is 102 Å². The lowest BCUT2D eigenvalue weighted by molar-refractivity contribution is -0.145. The van der Waals surface area contributed by atoms with E-state index in [-0.39, 0.29) is 23.9 Å². The Balaban J connectivity index is 1.51. The van der Waals surface area contributed by atoms with E-state index in [0.717, 1.165) is 35.3 Å². The van der Waals surface area contributed by atoms with Gasteiger partial charge >= 0.3 is 11.7 Å². The molecule has 172 valence electrons. The van der Waals surface area contributed by atoms with Crippen LogP contribution in [0.2, 0.25) is 0 Å². The van der Waals surface area contributed by atoms with E-state index in [1.807, 2.05) is 48.0 Å². The van der Waals surface area contributed by atoms with Crippen molar-refractivity contribution in [1.29, 1.82) is 0 Å². The fraction of sp³-hybridized carbons (Fsp3) is 0.391. The molecule has 0 saturated carbocycles. The van der Waals surface area contributed by atoms with Crippen LogP contribution in [0.1, 0.15) is 24.1 Å². The molecule has 0 bridgehead atoms. The number of aromatic nitrogens is 5. The molecule has 1 aliphatic heterocycles. The molecule has 1 saturated heterocycles. The van der Waals surface area contributed by atoms with Crippen LogP contribution in [0.4, 0.5) is 0 Å². The summed E-state index contributed by atoms with van der Waals surface area (Å²) < 4.78 is 16.9. The predicted octanol–water partition coefficient (Wildman–Crippen LogP) is 1.38. The van der Waals surface area contributed by atoms with E-state index in [0.29, 0.717) is 12.3 Å². The van der Waals surface area contributed by atoms with Gasteiger partial charge in [0.15, 0.2) is 11.2 Å². The van der Waals surface area contributed by atoms with Gasteiger partial charge in [0.25, 0.3) is 5.56 Å². The standard InChI is InChI=1S/C23H25N5O5/c1-15-11-27-19-20(24-22(27)26(15)12-17-9-6-10-32-17)25(2)23(31)28(21(19)30)13-18(29)33-14-16-7-4-3-5-8-16/h3-5,7-8,11,17H,6,9-10,12-14H2,1-2H3. The van der Waals surface area contributed by atoms with E-state index >= 15 is 0 Å². The van der Waals surface area contributed by atoms with Crippen LogP contribution in [0.3, 0.4) is 0 Å². The Hall–Kier alpha value is -3.66. The third kappa shape index (κ3) is 3.76. The molecule has 5 rings (SSSR count). The fourth-order valence-corrected chi connectivity index (χ4v) is 4.32. The van der Waals surface area contributed by atoms with Crippen LogP contribution in [-0.2, 0) is 41.0 Å². The molecule has 0 amide bonds. The van der Waals surface area contributed by atoms with Crippen molar-refractivity contribution in [2.75, 3.05) is 6.61 Å². The summed E-state index contributed by atoms with van der Waals surface area (Å²) >= 11 is 0. The van der Waals surface area contributed by atoms with Crippen molar-refractivity contribution in [3.63, 3.8) is 0 Å². The molecular weight excluding hydrogens is 426 g/mol. The summed E-state index contributed by atoms with van der Waals surface area (Å²) in [5.41, 5.74) is 1.07. The largest absolute Gasteiger partial charge is 0.459 e. The van der Waals surface area contributed by atoms with Gasteiger partial charge < -0.3 is 14.0 Å². The van der Waals surface area contributed by atoms with Gasteiger partial charge in [0.1, 0.15) is 13.2 Å². The van der Waals surface area contributed by atoms with Crippen LogP contribution in [0.25, 0.3) is 16.9 Å². The molecule has 1 aliphatic rings. The summed E-state index contributed by atoms with van der Waals surface area (Å²) in [5, 5.41) is 0. The molecule has 0 aliphatic carbocycles. The zero-order chi connectivity index (χ0) is 23.1. The number of ether oxygens (including phenoxy) is 2. The molecule has 1 aromatic carbocycles. The Morgan fingerprint density at radius 2 is 2.00 bits per heavy atom. The molecular formula is C23H25N5O5. The van der Waals surface area contributed by atoms with Gasteiger partial charge in [-0.15, -0.1) is 0 Å². The first-order chi connectivity index (χ1) is 15.9. The maximum atomic E-state index is 13.3. The van der Waals surface area contributed by atoms with E-state index < -0.39 is 23.8 Å². The van der Waals surface area contributed by atoms with Gasteiger partial charge in [0.2, 0.25) is 5.78 Å². The predicted molar refractivity (Wildman–Crippen MR) is 120 cm³/mol. The van der Waals surface area contributed by atoms with Crippen LogP contribution in [-0.4, -0.2) is 41.8 Å². The molecule has 0 radical (unpaired) electrons. The summed E-state index contributed by atoms with van der Waals surface area (Å²) in [6.45, 7) is 2.91. The second-order valence-electron chi connectivity index (χ2n) is 8.35. The highest BCUT2D eigenvalue weighted by molar-refractivity contribution is 5.76. The van der Waals surface area contributed by atoms with Crippen LogP contribution in [0.15, 0.2) is 46.1 Å². The van der Waals surface area contributed by atoms with Gasteiger partial charge in [0.05, 0.1) is 12.6 Å². The molecule has 10 heteroatoms. The summed E-state index contributed by atoms with van der Waals surface area (Å²) in [4.78, 5) is 43.2. The highest BCUT2D eigenvalue weighted by Crippen LogP contribution is 2.20. The highest BCUT2D eigenvalue weighted by Gasteiger charge is 2.24. The molecule has 0 N–H and O–H groups in total. The van der Waals surface area contributed by atoms with Gasteiger partial charge in [-0.05, 0) is 25.3 Å². The second-order valence-corrected chi connectivity index (χ2v) is 8.35. The lowest BCUT2D eigenvalue weighted by Gasteiger charge is -2.11. The smallest absolute Gasteiger partial charge is 0.333 e. The van der Waals surface area contributed by atoms with Crippen LogP contribution in [0, 0.1) is 6.92 Å². The van der Waals surface area contributed by atoms with Gasteiger partial charge in [-0.2, -0.15) is 4.98 Å². The van der Waals surface area contributed by atoms with Gasteiger partial charge in [-0.1, -0.05) is 30.3 Å². The Bertz CT molecular complexity index is 1450. The molecule has 0 spiro atoms. The summed E-state index contributed by atoms with van der Waals surface area (Å²) in [7, 11) is 1.54. The van der Waals surface area contributed by atoms with E-state index in [9.17, 15) is 14.4 Å². The minimum Gasteiger partial charge on any atom is -0.459 e. The van der Waals surface area contributed by atoms with Crippen molar-refractivity contribution in [2.45, 2.75) is 45.6 Å². The number of rotatable bonds is 6. The molecule has 10 nitrogen and oxygen atoms in total. The van der Waals surface area contributed by atoms with Crippen molar-refractivity contribution in [3.8, 4) is 0 Å². The lowest BCUT2D eigenvalue weighted by atomic mass is 10.2. The van der Waals surface area contributed by atoms with Crippen LogP contribution >= 0.6 is 0 Å². The third-order valence-corrected chi connectivity index (χ3v) is 6.08. The number of esters is 1. The number of benzene rings is 1. The van der Waals surface area contributed by atoms with Crippen molar-refractivity contribution in [2.24, 2.45) is 7.05 Å². The van der Waals surface area contributed by atoms with Crippen LogP contribution in [0.5, 0.6) is 0 Å². The lowest BCUT2D eigenvalue weighted by Crippen LogP contribution is -2.41. The second kappa shape index (κ2) is 8.36. The molecule has 3 aromatic heterocycles. The number of hydrogen-bond acceptors (Lipinski definition) is 6. The number of carbonyl (C=O) groups excluding carboxylic acids is 1. The number of nitrogens with zero attached hydrogens (tertiary/aromatic N) is 5. The fourth-order valence-electron chi connectivity index (χ4n) is 4.32. The maximum Gasteiger partial charge on any atom is 0.333 e. The summed E-state index contributed by atoms with van der Waals surface area (Å²) in [6.07, 6.45) is 3.92. The van der Waals surface area contributed by atoms with Gasteiger partial charge in [0, 0.05) is 25.5 Å². The Labute approximate surface area is 188 Å². The van der Waals surface area contributed by atoms with E-state index in [1.165, 1.54) is 4.57 Å². The third-order valence-electron chi connectivity index (χ3n) is 6.08. The van der Waals surface area contributed by atoms with Crippen molar-refractivity contribution < 1.29 is 14.3 Å². The normalized spacial score (nSPS) is 16.1. The first kappa shape index (κ1) is 21.2. The molecule has 1 fully saturated rings. The first-order valence-electron chi connectivity index (χ1n) is 10.9. The van der Waals surface area contributed by atoms with Crippen molar-refractivity contribution in [3.05, 3.63) is 68.6 Å². The van der Waals surface area contributed by atoms with Crippen molar-refractivity contribution in [1.82, 2.24) is 23.1 Å². The molecule has 1 unspecified atom stereocenters. The average Bonchev–Trinajstić information content (AvgIpc) is 3.52. The summed E-state index contributed by atoms with van der Waals surface area (Å²) in [6, 6.07) is 9.21. The maximum absolute atomic E-state index is 13.3. The molecule has 4 heterocycles. The first-order valence-corrected chi connectivity index (χ1v) is 10.9. The Morgan fingerprint density at radius 1 is 1.21 bits per heavy atom. The number of hydrogen-bond donors (Lipinski definition) is 0. The Morgan fingerprint density at radius 3 is 2.73 bits per heavy atom. The van der Waals surface area contributed by atoms with E-state index in [4.69, 9.17) is 9.47 Å². The highest BCUT2D eigenvalue weighted by atomic mass is 16.5. The zero-order valence-electron chi connectivity index (χ0n) is 18.6. The van der Waals surface area contributed by atoms with Gasteiger partial charge in [-0.25, -0.2) is 9.36 Å².